The molecular weight excluding hydrogens is 363 g/mol. The van der Waals surface area contributed by atoms with Gasteiger partial charge in [0.05, 0.1) is 12.1 Å². The zero-order chi connectivity index (χ0) is 17.2. The van der Waals surface area contributed by atoms with Crippen LogP contribution in [-0.2, 0) is 19.6 Å². The lowest BCUT2D eigenvalue weighted by Crippen LogP contribution is -2.53. The Bertz CT molecular complexity index is 688. The summed E-state index contributed by atoms with van der Waals surface area (Å²) in [5.41, 5.74) is 0. The summed E-state index contributed by atoms with van der Waals surface area (Å²) in [6.45, 7) is 3.16. The molecule has 0 aromatic heterocycles. The molecule has 128 valence electrons. The first kappa shape index (κ1) is 18.5. The fourth-order valence-corrected chi connectivity index (χ4v) is 4.62. The first-order valence-corrected chi connectivity index (χ1v) is 9.24. The molecule has 1 aliphatic heterocycles. The monoisotopic (exact) mass is 380 g/mol. The molecule has 1 fully saturated rings. The SMILES string of the molecule is COC(=O)C(C)N1CCN(S(=O)(=O)c2cc(Cl)ccc2Cl)CC1. The van der Waals surface area contributed by atoms with Crippen LogP contribution in [0.25, 0.3) is 0 Å². The second-order valence-corrected chi connectivity index (χ2v) is 7.96. The molecule has 1 unspecified atom stereocenters. The van der Waals surface area contributed by atoms with Crippen LogP contribution >= 0.6 is 23.2 Å². The highest BCUT2D eigenvalue weighted by Gasteiger charge is 2.33. The van der Waals surface area contributed by atoms with Crippen molar-refractivity contribution in [2.75, 3.05) is 33.3 Å². The molecule has 9 heteroatoms. The van der Waals surface area contributed by atoms with Crippen molar-refractivity contribution >= 4 is 39.2 Å². The van der Waals surface area contributed by atoms with Crippen LogP contribution in [0.1, 0.15) is 6.92 Å². The lowest BCUT2D eigenvalue weighted by atomic mass is 10.2. The molecule has 0 spiro atoms. The molecule has 1 aliphatic rings. The number of esters is 1. The number of halogens is 2. The highest BCUT2D eigenvalue weighted by molar-refractivity contribution is 7.89. The van der Waals surface area contributed by atoms with E-state index in [1.807, 2.05) is 4.90 Å². The molecular formula is C14H18Cl2N2O4S. The van der Waals surface area contributed by atoms with Crippen molar-refractivity contribution < 1.29 is 17.9 Å². The standard InChI is InChI=1S/C14H18Cl2N2O4S/c1-10(14(19)22-2)17-5-7-18(8-6-17)23(20,21)13-9-11(15)3-4-12(13)16/h3-4,9-10H,5-8H2,1-2H3. The van der Waals surface area contributed by atoms with Crippen LogP contribution < -0.4 is 0 Å². The number of rotatable bonds is 4. The van der Waals surface area contributed by atoms with E-state index in [2.05, 4.69) is 0 Å². The van der Waals surface area contributed by atoms with Gasteiger partial charge in [-0.3, -0.25) is 9.69 Å². The number of sulfonamides is 1. The molecule has 0 aliphatic carbocycles. The number of hydrogen-bond donors (Lipinski definition) is 0. The van der Waals surface area contributed by atoms with Gasteiger partial charge >= 0.3 is 5.97 Å². The number of piperazine rings is 1. The minimum Gasteiger partial charge on any atom is -0.468 e. The number of benzene rings is 1. The second kappa shape index (κ2) is 7.36. The summed E-state index contributed by atoms with van der Waals surface area (Å²) < 4.78 is 31.5. The molecule has 0 N–H and O–H groups in total. The van der Waals surface area contributed by atoms with Gasteiger partial charge < -0.3 is 4.74 Å². The number of methoxy groups -OCH3 is 1. The van der Waals surface area contributed by atoms with Gasteiger partial charge in [-0.05, 0) is 25.1 Å². The number of hydrogen-bond acceptors (Lipinski definition) is 5. The zero-order valence-electron chi connectivity index (χ0n) is 12.8. The average Bonchev–Trinajstić information content (AvgIpc) is 2.55. The van der Waals surface area contributed by atoms with Gasteiger partial charge in [0, 0.05) is 31.2 Å². The normalized spacial score (nSPS) is 18.6. The van der Waals surface area contributed by atoms with Crippen LogP contribution in [0.3, 0.4) is 0 Å². The molecule has 1 saturated heterocycles. The van der Waals surface area contributed by atoms with Crippen LogP contribution in [-0.4, -0.2) is 62.9 Å². The zero-order valence-corrected chi connectivity index (χ0v) is 15.2. The van der Waals surface area contributed by atoms with Crippen LogP contribution in [0.2, 0.25) is 10.0 Å². The van der Waals surface area contributed by atoms with Crippen LogP contribution in [0, 0.1) is 0 Å². The Hall–Kier alpha value is -0.860. The van der Waals surface area contributed by atoms with Gasteiger partial charge in [0.15, 0.2) is 0 Å². The number of carbonyl (C=O) groups is 1. The summed E-state index contributed by atoms with van der Waals surface area (Å²) in [5, 5.41) is 0.450. The largest absolute Gasteiger partial charge is 0.468 e. The molecule has 6 nitrogen and oxygen atoms in total. The molecule has 0 bridgehead atoms. The van der Waals surface area contributed by atoms with E-state index >= 15 is 0 Å². The van der Waals surface area contributed by atoms with Gasteiger partial charge in [0.1, 0.15) is 10.9 Å². The summed E-state index contributed by atoms with van der Waals surface area (Å²) >= 11 is 11.9. The van der Waals surface area contributed by atoms with Crippen LogP contribution in [0.4, 0.5) is 0 Å². The van der Waals surface area contributed by atoms with Crippen molar-refractivity contribution in [1.82, 2.24) is 9.21 Å². The molecule has 0 saturated carbocycles. The first-order valence-electron chi connectivity index (χ1n) is 7.04. The van der Waals surface area contributed by atoms with Gasteiger partial charge in [-0.1, -0.05) is 23.2 Å². The Labute approximate surface area is 146 Å². The Morgan fingerprint density at radius 2 is 1.83 bits per heavy atom. The van der Waals surface area contributed by atoms with Crippen molar-refractivity contribution in [3.63, 3.8) is 0 Å². The molecule has 1 atom stereocenters. The summed E-state index contributed by atoms with van der Waals surface area (Å²) in [6, 6.07) is 3.95. The van der Waals surface area contributed by atoms with Crippen molar-refractivity contribution in [2.24, 2.45) is 0 Å². The summed E-state index contributed by atoms with van der Waals surface area (Å²) in [5.74, 6) is -0.334. The molecule has 1 aromatic rings. The molecule has 23 heavy (non-hydrogen) atoms. The number of nitrogens with zero attached hydrogens (tertiary/aromatic N) is 2. The smallest absolute Gasteiger partial charge is 0.322 e. The maximum Gasteiger partial charge on any atom is 0.322 e. The fourth-order valence-electron chi connectivity index (χ4n) is 2.46. The van der Waals surface area contributed by atoms with Crippen LogP contribution in [0.5, 0.6) is 0 Å². The highest BCUT2D eigenvalue weighted by atomic mass is 35.5. The third kappa shape index (κ3) is 3.97. The Balaban J connectivity index is 2.13. The molecule has 2 rings (SSSR count). The Kier molecular flexibility index (Phi) is 5.91. The van der Waals surface area contributed by atoms with E-state index in [-0.39, 0.29) is 29.0 Å². The lowest BCUT2D eigenvalue weighted by molar-refractivity contribution is -0.146. The minimum absolute atomic E-state index is 0.00105. The predicted octanol–water partition coefficient (Wildman–Crippen LogP) is 1.86. The molecule has 1 heterocycles. The van der Waals surface area contributed by atoms with E-state index in [0.717, 1.165) is 0 Å². The van der Waals surface area contributed by atoms with Crippen molar-refractivity contribution in [3.8, 4) is 0 Å². The van der Waals surface area contributed by atoms with Gasteiger partial charge in [-0.15, -0.1) is 0 Å². The summed E-state index contributed by atoms with van der Waals surface area (Å²) in [7, 11) is -2.38. The maximum atomic E-state index is 12.7. The third-order valence-corrected chi connectivity index (χ3v) is 6.49. The van der Waals surface area contributed by atoms with E-state index in [1.165, 1.54) is 23.5 Å². The Morgan fingerprint density at radius 1 is 1.22 bits per heavy atom. The van der Waals surface area contributed by atoms with Gasteiger partial charge in [-0.25, -0.2) is 8.42 Å². The quantitative estimate of drug-likeness (QED) is 0.745. The maximum absolute atomic E-state index is 12.7. The van der Waals surface area contributed by atoms with E-state index in [0.29, 0.717) is 18.1 Å². The average molecular weight is 381 g/mol. The van der Waals surface area contributed by atoms with Gasteiger partial charge in [0.25, 0.3) is 0 Å². The van der Waals surface area contributed by atoms with Crippen molar-refractivity contribution in [1.29, 1.82) is 0 Å². The van der Waals surface area contributed by atoms with Crippen molar-refractivity contribution in [3.05, 3.63) is 28.2 Å². The third-order valence-electron chi connectivity index (χ3n) is 3.87. The van der Waals surface area contributed by atoms with E-state index in [1.54, 1.807) is 13.0 Å². The Morgan fingerprint density at radius 3 is 2.39 bits per heavy atom. The molecule has 0 radical (unpaired) electrons. The van der Waals surface area contributed by atoms with E-state index < -0.39 is 16.1 Å². The molecule has 0 amide bonds. The second-order valence-electron chi connectivity index (χ2n) is 5.21. The van der Waals surface area contributed by atoms with Crippen molar-refractivity contribution in [2.45, 2.75) is 17.9 Å². The highest BCUT2D eigenvalue weighted by Crippen LogP contribution is 2.28. The lowest BCUT2D eigenvalue weighted by Gasteiger charge is -2.36. The molecule has 1 aromatic carbocycles. The van der Waals surface area contributed by atoms with E-state index in [4.69, 9.17) is 27.9 Å². The predicted molar refractivity (Wildman–Crippen MR) is 88.3 cm³/mol. The summed E-state index contributed by atoms with van der Waals surface area (Å²) in [4.78, 5) is 13.5. The number of carbonyl (C=O) groups excluding carboxylic acids is 1. The minimum atomic E-state index is -3.72. The van der Waals surface area contributed by atoms with Gasteiger partial charge in [0.2, 0.25) is 10.0 Å². The number of ether oxygens (including phenoxy) is 1. The first-order chi connectivity index (χ1) is 10.8. The fraction of sp³-hybridized carbons (Fsp3) is 0.500. The summed E-state index contributed by atoms with van der Waals surface area (Å²) in [6.07, 6.45) is 0. The van der Waals surface area contributed by atoms with Crippen LogP contribution in [0.15, 0.2) is 23.1 Å². The van der Waals surface area contributed by atoms with Gasteiger partial charge in [-0.2, -0.15) is 4.31 Å². The topological polar surface area (TPSA) is 66.9 Å². The van der Waals surface area contributed by atoms with E-state index in [9.17, 15) is 13.2 Å².